The Morgan fingerprint density at radius 3 is 3.19 bits per heavy atom. The monoisotopic (exact) mass is 306 g/mol. The fourth-order valence-corrected chi connectivity index (χ4v) is 3.05. The highest BCUT2D eigenvalue weighted by Crippen LogP contribution is 2.17. The van der Waals surface area contributed by atoms with Gasteiger partial charge in [-0.3, -0.25) is 4.79 Å². The van der Waals surface area contributed by atoms with Gasteiger partial charge < -0.3 is 15.8 Å². The second-order valence-corrected chi connectivity index (χ2v) is 6.11. The van der Waals surface area contributed by atoms with Crippen molar-refractivity contribution in [3.8, 4) is 11.8 Å². The molecule has 1 amide bonds. The molecule has 1 saturated heterocycles. The van der Waals surface area contributed by atoms with Crippen LogP contribution in [0, 0.1) is 11.8 Å². The third-order valence-corrected chi connectivity index (χ3v) is 4.35. The molecule has 3 N–H and O–H groups in total. The number of hydrogen-bond acceptors (Lipinski definition) is 4. The standard InChI is InChI=1S/C16H22N2O2S/c17-8-3-4-13-10-15(21-12-13)11-18-16(19)7-6-14-5-1-2-9-20-14/h10,12,14H,1-2,5-9,11,17H2,(H,18,19). The van der Waals surface area contributed by atoms with E-state index in [-0.39, 0.29) is 12.0 Å². The predicted octanol–water partition coefficient (Wildman–Crippen LogP) is 2.02. The van der Waals surface area contributed by atoms with Crippen molar-refractivity contribution in [2.75, 3.05) is 13.2 Å². The molecule has 21 heavy (non-hydrogen) atoms. The molecule has 0 aliphatic carbocycles. The molecule has 5 heteroatoms. The van der Waals surface area contributed by atoms with E-state index >= 15 is 0 Å². The fraction of sp³-hybridized carbons (Fsp3) is 0.562. The number of nitrogens with two attached hydrogens (primary N) is 1. The lowest BCUT2D eigenvalue weighted by atomic mass is 10.0. The molecule has 1 unspecified atom stereocenters. The summed E-state index contributed by atoms with van der Waals surface area (Å²) >= 11 is 1.61. The predicted molar refractivity (Wildman–Crippen MR) is 84.9 cm³/mol. The smallest absolute Gasteiger partial charge is 0.220 e. The van der Waals surface area contributed by atoms with E-state index < -0.39 is 0 Å². The number of rotatable bonds is 5. The highest BCUT2D eigenvalue weighted by Gasteiger charge is 2.15. The van der Waals surface area contributed by atoms with Crippen molar-refractivity contribution in [2.45, 2.75) is 44.8 Å². The quantitative estimate of drug-likeness (QED) is 0.818. The summed E-state index contributed by atoms with van der Waals surface area (Å²) in [6.07, 6.45) is 5.08. The minimum Gasteiger partial charge on any atom is -0.378 e. The molecule has 1 aromatic rings. The summed E-state index contributed by atoms with van der Waals surface area (Å²) in [5, 5.41) is 4.94. The molecule has 114 valence electrons. The van der Waals surface area contributed by atoms with Gasteiger partial charge in [0.25, 0.3) is 0 Å². The van der Waals surface area contributed by atoms with E-state index in [2.05, 4.69) is 17.2 Å². The topological polar surface area (TPSA) is 64.3 Å². The number of ether oxygens (including phenoxy) is 1. The normalized spacial score (nSPS) is 17.9. The summed E-state index contributed by atoms with van der Waals surface area (Å²) in [7, 11) is 0. The molecule has 1 aliphatic heterocycles. The van der Waals surface area contributed by atoms with Crippen molar-refractivity contribution >= 4 is 17.2 Å². The number of nitrogens with one attached hydrogen (secondary N) is 1. The Bertz CT molecular complexity index is 510. The number of thiophene rings is 1. The maximum Gasteiger partial charge on any atom is 0.220 e. The van der Waals surface area contributed by atoms with Crippen molar-refractivity contribution in [3.63, 3.8) is 0 Å². The van der Waals surface area contributed by atoms with Gasteiger partial charge in [0.1, 0.15) is 0 Å². The minimum absolute atomic E-state index is 0.0900. The Hall–Kier alpha value is -1.35. The molecule has 1 aliphatic rings. The number of carbonyl (C=O) groups is 1. The van der Waals surface area contributed by atoms with Crippen LogP contribution in [0.1, 0.15) is 42.5 Å². The first-order valence-electron chi connectivity index (χ1n) is 7.42. The third kappa shape index (κ3) is 5.88. The zero-order valence-electron chi connectivity index (χ0n) is 12.2. The molecule has 0 saturated carbocycles. The lowest BCUT2D eigenvalue weighted by molar-refractivity contribution is -0.122. The Kier molecular flexibility index (Phi) is 6.74. The Balaban J connectivity index is 1.67. The lowest BCUT2D eigenvalue weighted by Crippen LogP contribution is -2.25. The number of amides is 1. The number of hydrogen-bond donors (Lipinski definition) is 2. The van der Waals surface area contributed by atoms with Crippen molar-refractivity contribution in [2.24, 2.45) is 5.73 Å². The van der Waals surface area contributed by atoms with Crippen LogP contribution in [-0.2, 0) is 16.1 Å². The second-order valence-electron chi connectivity index (χ2n) is 5.11. The van der Waals surface area contributed by atoms with Gasteiger partial charge in [0.05, 0.1) is 19.2 Å². The first-order chi connectivity index (χ1) is 10.3. The second kappa shape index (κ2) is 8.83. The summed E-state index contributed by atoms with van der Waals surface area (Å²) < 4.78 is 5.63. The van der Waals surface area contributed by atoms with E-state index in [1.165, 1.54) is 6.42 Å². The van der Waals surface area contributed by atoms with Crippen LogP contribution in [0.5, 0.6) is 0 Å². The SMILES string of the molecule is NCC#Cc1csc(CNC(=O)CCC2CCCCO2)c1. The van der Waals surface area contributed by atoms with E-state index in [1.807, 2.05) is 11.4 Å². The van der Waals surface area contributed by atoms with Gasteiger partial charge in [-0.05, 0) is 31.7 Å². The first-order valence-corrected chi connectivity index (χ1v) is 8.30. The van der Waals surface area contributed by atoms with E-state index in [0.29, 0.717) is 19.5 Å². The highest BCUT2D eigenvalue weighted by atomic mass is 32.1. The zero-order valence-corrected chi connectivity index (χ0v) is 13.0. The Labute approximate surface area is 130 Å². The molecule has 1 atom stereocenters. The molecule has 0 spiro atoms. The molecule has 1 fully saturated rings. The van der Waals surface area contributed by atoms with Crippen LogP contribution in [-0.4, -0.2) is 25.2 Å². The van der Waals surface area contributed by atoms with Gasteiger partial charge in [-0.2, -0.15) is 0 Å². The fourth-order valence-electron chi connectivity index (χ4n) is 2.29. The summed E-state index contributed by atoms with van der Waals surface area (Å²) in [5.41, 5.74) is 6.30. The van der Waals surface area contributed by atoms with Crippen molar-refractivity contribution < 1.29 is 9.53 Å². The number of carbonyl (C=O) groups excluding carboxylic acids is 1. The average molecular weight is 306 g/mol. The molecule has 0 bridgehead atoms. The van der Waals surface area contributed by atoms with Gasteiger partial charge in [0.2, 0.25) is 5.91 Å². The molecular formula is C16H22N2O2S. The van der Waals surface area contributed by atoms with E-state index in [9.17, 15) is 4.79 Å². The Morgan fingerprint density at radius 2 is 2.43 bits per heavy atom. The maximum atomic E-state index is 11.8. The van der Waals surface area contributed by atoms with Gasteiger partial charge in [-0.15, -0.1) is 11.3 Å². The summed E-state index contributed by atoms with van der Waals surface area (Å²) in [6, 6.07) is 2.00. The summed E-state index contributed by atoms with van der Waals surface area (Å²) in [4.78, 5) is 12.9. The summed E-state index contributed by atoms with van der Waals surface area (Å²) in [6.45, 7) is 1.78. The van der Waals surface area contributed by atoms with Crippen molar-refractivity contribution in [1.82, 2.24) is 5.32 Å². The first kappa shape index (κ1) is 16.0. The molecule has 1 aromatic heterocycles. The zero-order chi connectivity index (χ0) is 14.9. The minimum atomic E-state index is 0.0900. The van der Waals surface area contributed by atoms with E-state index in [1.54, 1.807) is 11.3 Å². The Morgan fingerprint density at radius 1 is 1.52 bits per heavy atom. The molecule has 0 radical (unpaired) electrons. The molecular weight excluding hydrogens is 284 g/mol. The van der Waals surface area contributed by atoms with Gasteiger partial charge in [0, 0.05) is 28.8 Å². The van der Waals surface area contributed by atoms with Crippen molar-refractivity contribution in [3.05, 3.63) is 21.9 Å². The van der Waals surface area contributed by atoms with Crippen LogP contribution >= 0.6 is 11.3 Å². The van der Waals surface area contributed by atoms with E-state index in [0.717, 1.165) is 36.3 Å². The average Bonchev–Trinajstić information content (AvgIpc) is 2.98. The van der Waals surface area contributed by atoms with E-state index in [4.69, 9.17) is 10.5 Å². The molecule has 2 rings (SSSR count). The van der Waals surface area contributed by atoms with Crippen molar-refractivity contribution in [1.29, 1.82) is 0 Å². The third-order valence-electron chi connectivity index (χ3n) is 3.42. The highest BCUT2D eigenvalue weighted by molar-refractivity contribution is 7.10. The summed E-state index contributed by atoms with van der Waals surface area (Å²) in [5.74, 6) is 5.90. The van der Waals surface area contributed by atoms with Crippen LogP contribution in [0.25, 0.3) is 0 Å². The van der Waals surface area contributed by atoms with Crippen LogP contribution in [0.15, 0.2) is 11.4 Å². The van der Waals surface area contributed by atoms with Gasteiger partial charge in [-0.1, -0.05) is 11.8 Å². The van der Waals surface area contributed by atoms with Crippen LogP contribution in [0.3, 0.4) is 0 Å². The van der Waals surface area contributed by atoms with Crippen LogP contribution < -0.4 is 11.1 Å². The van der Waals surface area contributed by atoms with Gasteiger partial charge in [-0.25, -0.2) is 0 Å². The largest absolute Gasteiger partial charge is 0.378 e. The molecule has 2 heterocycles. The lowest BCUT2D eigenvalue weighted by Gasteiger charge is -2.22. The molecule has 4 nitrogen and oxygen atoms in total. The molecule has 0 aromatic carbocycles. The van der Waals surface area contributed by atoms with Gasteiger partial charge in [0.15, 0.2) is 0 Å². The maximum absolute atomic E-state index is 11.8. The van der Waals surface area contributed by atoms with Crippen LogP contribution in [0.2, 0.25) is 0 Å². The van der Waals surface area contributed by atoms with Crippen LogP contribution in [0.4, 0.5) is 0 Å². The van der Waals surface area contributed by atoms with Gasteiger partial charge >= 0.3 is 0 Å².